The number of carbonyl (C=O) groups is 1. The summed E-state index contributed by atoms with van der Waals surface area (Å²) in [6, 6.07) is 9.86. The standard InChI is InChI=1S/C16H14F3NO4S/c1-2-15(21)11-5-3-8-14(9-11)25(22,23)20-12-6-4-7-13(10-12)24-16(17,18)19/h3-10,20H,2H2,1H3. The number of hydrogen-bond acceptors (Lipinski definition) is 4. The average Bonchev–Trinajstić information content (AvgIpc) is 2.52. The second-order valence-electron chi connectivity index (χ2n) is 4.99. The number of benzene rings is 2. The lowest BCUT2D eigenvalue weighted by Crippen LogP contribution is -2.17. The first-order valence-electron chi connectivity index (χ1n) is 7.12. The molecule has 9 heteroatoms. The van der Waals surface area contributed by atoms with Crippen molar-refractivity contribution in [3.05, 3.63) is 54.1 Å². The molecule has 0 atom stereocenters. The van der Waals surface area contributed by atoms with Gasteiger partial charge in [-0.25, -0.2) is 8.42 Å². The van der Waals surface area contributed by atoms with Crippen molar-refractivity contribution in [1.82, 2.24) is 0 Å². The van der Waals surface area contributed by atoms with E-state index in [0.29, 0.717) is 0 Å². The van der Waals surface area contributed by atoms with Gasteiger partial charge in [-0.2, -0.15) is 0 Å². The first kappa shape index (κ1) is 18.8. The van der Waals surface area contributed by atoms with Crippen molar-refractivity contribution in [1.29, 1.82) is 0 Å². The number of anilines is 1. The van der Waals surface area contributed by atoms with Crippen LogP contribution in [0.1, 0.15) is 23.7 Å². The summed E-state index contributed by atoms with van der Waals surface area (Å²) in [7, 11) is -4.08. The second-order valence-corrected chi connectivity index (χ2v) is 6.67. The van der Waals surface area contributed by atoms with E-state index in [-0.39, 0.29) is 28.4 Å². The van der Waals surface area contributed by atoms with Crippen LogP contribution in [-0.4, -0.2) is 20.6 Å². The first-order valence-corrected chi connectivity index (χ1v) is 8.61. The molecule has 2 aromatic rings. The molecule has 0 aliphatic carbocycles. The molecule has 0 fully saturated rings. The summed E-state index contributed by atoms with van der Waals surface area (Å²) in [5.41, 5.74) is 0.133. The van der Waals surface area contributed by atoms with Crippen LogP contribution in [0.25, 0.3) is 0 Å². The minimum absolute atomic E-state index is 0.103. The van der Waals surface area contributed by atoms with Gasteiger partial charge in [0.15, 0.2) is 5.78 Å². The van der Waals surface area contributed by atoms with Crippen molar-refractivity contribution in [2.24, 2.45) is 0 Å². The predicted octanol–water partition coefficient (Wildman–Crippen LogP) is 3.98. The normalized spacial score (nSPS) is 11.8. The van der Waals surface area contributed by atoms with E-state index in [9.17, 15) is 26.4 Å². The molecule has 0 aliphatic heterocycles. The summed E-state index contributed by atoms with van der Waals surface area (Å²) >= 11 is 0. The highest BCUT2D eigenvalue weighted by atomic mass is 32.2. The number of alkyl halides is 3. The van der Waals surface area contributed by atoms with Gasteiger partial charge < -0.3 is 4.74 Å². The zero-order chi connectivity index (χ0) is 18.7. The topological polar surface area (TPSA) is 72.5 Å². The molecule has 0 heterocycles. The van der Waals surface area contributed by atoms with E-state index in [4.69, 9.17) is 0 Å². The quantitative estimate of drug-likeness (QED) is 0.778. The smallest absolute Gasteiger partial charge is 0.406 e. The Kier molecular flexibility index (Phi) is 5.36. The largest absolute Gasteiger partial charge is 0.573 e. The monoisotopic (exact) mass is 373 g/mol. The number of rotatable bonds is 6. The number of ether oxygens (including phenoxy) is 1. The summed E-state index contributed by atoms with van der Waals surface area (Å²) in [4.78, 5) is 11.5. The molecule has 0 aliphatic rings. The number of carbonyl (C=O) groups excluding carboxylic acids is 1. The van der Waals surface area contributed by atoms with Crippen LogP contribution in [-0.2, 0) is 10.0 Å². The lowest BCUT2D eigenvalue weighted by atomic mass is 10.1. The maximum absolute atomic E-state index is 12.4. The lowest BCUT2D eigenvalue weighted by Gasteiger charge is -2.12. The fourth-order valence-electron chi connectivity index (χ4n) is 2.01. The SMILES string of the molecule is CCC(=O)c1cccc(S(=O)(=O)Nc2cccc(OC(F)(F)F)c2)c1. The Bertz CT molecular complexity index is 879. The van der Waals surface area contributed by atoms with Gasteiger partial charge in [0, 0.05) is 18.1 Å². The molecule has 0 amide bonds. The Hall–Kier alpha value is -2.55. The van der Waals surface area contributed by atoms with E-state index >= 15 is 0 Å². The first-order chi connectivity index (χ1) is 11.6. The summed E-state index contributed by atoms with van der Waals surface area (Å²) in [5, 5.41) is 0. The van der Waals surface area contributed by atoms with Crippen LogP contribution in [0.3, 0.4) is 0 Å². The third kappa shape index (κ3) is 5.21. The third-order valence-corrected chi connectivity index (χ3v) is 4.49. The molecular formula is C16H14F3NO4S. The maximum atomic E-state index is 12.4. The zero-order valence-electron chi connectivity index (χ0n) is 13.0. The Morgan fingerprint density at radius 1 is 1.12 bits per heavy atom. The molecule has 2 rings (SSSR count). The summed E-state index contributed by atoms with van der Waals surface area (Å²) in [6.45, 7) is 1.65. The Morgan fingerprint density at radius 3 is 2.44 bits per heavy atom. The second kappa shape index (κ2) is 7.14. The molecular weight excluding hydrogens is 359 g/mol. The van der Waals surface area contributed by atoms with E-state index in [1.54, 1.807) is 6.92 Å². The molecule has 1 N–H and O–H groups in total. The molecule has 0 aromatic heterocycles. The molecule has 25 heavy (non-hydrogen) atoms. The Balaban J connectivity index is 2.27. The summed E-state index contributed by atoms with van der Waals surface area (Å²) < 4.78 is 67.4. The molecule has 0 saturated heterocycles. The van der Waals surface area contributed by atoms with E-state index < -0.39 is 22.1 Å². The van der Waals surface area contributed by atoms with Gasteiger partial charge in [0.05, 0.1) is 10.6 Å². The van der Waals surface area contributed by atoms with E-state index in [1.807, 2.05) is 0 Å². The van der Waals surface area contributed by atoms with Crippen LogP contribution in [0.2, 0.25) is 0 Å². The molecule has 0 bridgehead atoms. The van der Waals surface area contributed by atoms with Crippen LogP contribution in [0.15, 0.2) is 53.4 Å². The van der Waals surface area contributed by atoms with Gasteiger partial charge >= 0.3 is 6.36 Å². The lowest BCUT2D eigenvalue weighted by molar-refractivity contribution is -0.274. The van der Waals surface area contributed by atoms with Gasteiger partial charge in [0.1, 0.15) is 5.75 Å². The van der Waals surface area contributed by atoms with Crippen molar-refractivity contribution in [2.45, 2.75) is 24.6 Å². The van der Waals surface area contributed by atoms with Gasteiger partial charge in [-0.1, -0.05) is 25.1 Å². The van der Waals surface area contributed by atoms with Crippen LogP contribution >= 0.6 is 0 Å². The molecule has 0 unspecified atom stereocenters. The fraction of sp³-hybridized carbons (Fsp3) is 0.188. The van der Waals surface area contributed by atoms with E-state index in [0.717, 1.165) is 12.1 Å². The van der Waals surface area contributed by atoms with E-state index in [1.165, 1.54) is 36.4 Å². The number of nitrogens with one attached hydrogen (secondary N) is 1. The average molecular weight is 373 g/mol. The number of Topliss-reactive ketones (excluding diaryl/α,β-unsaturated/α-hetero) is 1. The van der Waals surface area contributed by atoms with Gasteiger partial charge in [-0.05, 0) is 24.3 Å². The summed E-state index contributed by atoms with van der Waals surface area (Å²) in [5.74, 6) is -0.778. The predicted molar refractivity (Wildman–Crippen MR) is 85.0 cm³/mol. The highest BCUT2D eigenvalue weighted by Crippen LogP contribution is 2.26. The van der Waals surface area contributed by atoms with Crippen LogP contribution in [0, 0.1) is 0 Å². The van der Waals surface area contributed by atoms with Crippen LogP contribution in [0.5, 0.6) is 5.75 Å². The molecule has 5 nitrogen and oxygen atoms in total. The minimum Gasteiger partial charge on any atom is -0.406 e. The van der Waals surface area contributed by atoms with Gasteiger partial charge in [-0.3, -0.25) is 9.52 Å². The maximum Gasteiger partial charge on any atom is 0.573 e. The van der Waals surface area contributed by atoms with Crippen LogP contribution in [0.4, 0.5) is 18.9 Å². The zero-order valence-corrected chi connectivity index (χ0v) is 13.8. The van der Waals surface area contributed by atoms with Gasteiger partial charge in [0.2, 0.25) is 0 Å². The molecule has 0 saturated carbocycles. The Morgan fingerprint density at radius 2 is 1.80 bits per heavy atom. The minimum atomic E-state index is -4.88. The van der Waals surface area contributed by atoms with Gasteiger partial charge in [0.25, 0.3) is 10.0 Å². The molecule has 0 radical (unpaired) electrons. The number of hydrogen-bond donors (Lipinski definition) is 1. The number of halogens is 3. The van der Waals surface area contributed by atoms with Crippen molar-refractivity contribution < 1.29 is 31.1 Å². The number of sulfonamides is 1. The molecule has 134 valence electrons. The van der Waals surface area contributed by atoms with Gasteiger partial charge in [-0.15, -0.1) is 13.2 Å². The highest BCUT2D eigenvalue weighted by molar-refractivity contribution is 7.92. The summed E-state index contributed by atoms with van der Waals surface area (Å²) in [6.07, 6.45) is -4.67. The van der Waals surface area contributed by atoms with Crippen molar-refractivity contribution in [3.8, 4) is 5.75 Å². The third-order valence-electron chi connectivity index (χ3n) is 3.11. The molecule has 2 aromatic carbocycles. The van der Waals surface area contributed by atoms with Crippen molar-refractivity contribution in [3.63, 3.8) is 0 Å². The fourth-order valence-corrected chi connectivity index (χ4v) is 3.11. The van der Waals surface area contributed by atoms with Crippen molar-refractivity contribution in [2.75, 3.05) is 4.72 Å². The molecule has 0 spiro atoms. The highest BCUT2D eigenvalue weighted by Gasteiger charge is 2.31. The Labute approximate surface area is 142 Å². The van der Waals surface area contributed by atoms with E-state index in [2.05, 4.69) is 9.46 Å². The van der Waals surface area contributed by atoms with Crippen LogP contribution < -0.4 is 9.46 Å². The number of ketones is 1. The van der Waals surface area contributed by atoms with Crippen molar-refractivity contribution >= 4 is 21.5 Å².